The van der Waals surface area contributed by atoms with Crippen LogP contribution in [0.15, 0.2) is 24.3 Å². The third-order valence-electron chi connectivity index (χ3n) is 2.73. The molecular weight excluding hydrogens is 220 g/mol. The number of aromatic nitrogens is 2. The molecule has 1 heterocycles. The molecule has 2 nitrogen and oxygen atoms in total. The summed E-state index contributed by atoms with van der Waals surface area (Å²) in [6, 6.07) is 8.22. The van der Waals surface area contributed by atoms with Gasteiger partial charge in [-0.15, -0.1) is 10.2 Å². The van der Waals surface area contributed by atoms with E-state index in [4.69, 9.17) is 11.6 Å². The molecule has 0 aliphatic rings. The zero-order chi connectivity index (χ0) is 11.7. The number of hydrogen-bond donors (Lipinski definition) is 0. The van der Waals surface area contributed by atoms with Crippen LogP contribution in [0.25, 0.3) is 11.3 Å². The van der Waals surface area contributed by atoms with Crippen LogP contribution in [0.5, 0.6) is 0 Å². The first-order valence-corrected chi connectivity index (χ1v) is 5.53. The maximum Gasteiger partial charge on any atom is 0.154 e. The minimum absolute atomic E-state index is 0.465. The second-order valence-corrected chi connectivity index (χ2v) is 4.36. The van der Waals surface area contributed by atoms with Gasteiger partial charge in [-0.2, -0.15) is 0 Å². The summed E-state index contributed by atoms with van der Waals surface area (Å²) in [6.45, 7) is 6.12. The summed E-state index contributed by atoms with van der Waals surface area (Å²) in [7, 11) is 0. The van der Waals surface area contributed by atoms with Crippen molar-refractivity contribution in [1.82, 2.24) is 10.2 Å². The van der Waals surface area contributed by atoms with E-state index in [0.717, 1.165) is 16.8 Å². The lowest BCUT2D eigenvalue weighted by atomic mass is 10.0. The van der Waals surface area contributed by atoms with Crippen LogP contribution < -0.4 is 0 Å². The fourth-order valence-corrected chi connectivity index (χ4v) is 1.60. The summed E-state index contributed by atoms with van der Waals surface area (Å²) in [5, 5.41) is 8.49. The molecule has 0 fully saturated rings. The average Bonchev–Trinajstić information content (AvgIpc) is 2.26. The zero-order valence-electron chi connectivity index (χ0n) is 9.58. The van der Waals surface area contributed by atoms with E-state index in [1.165, 1.54) is 11.1 Å². The molecule has 0 spiro atoms. The largest absolute Gasteiger partial charge is 0.154 e. The second kappa shape index (κ2) is 4.22. The Hall–Kier alpha value is -1.41. The molecule has 16 heavy (non-hydrogen) atoms. The molecule has 1 aromatic heterocycles. The van der Waals surface area contributed by atoms with Crippen LogP contribution in [0.3, 0.4) is 0 Å². The van der Waals surface area contributed by atoms with E-state index in [0.29, 0.717) is 5.15 Å². The van der Waals surface area contributed by atoms with Gasteiger partial charge in [-0.05, 0) is 49.6 Å². The van der Waals surface area contributed by atoms with Crippen molar-refractivity contribution in [3.63, 3.8) is 0 Å². The highest BCUT2D eigenvalue weighted by Gasteiger charge is 2.04. The van der Waals surface area contributed by atoms with Crippen LogP contribution in [0.4, 0.5) is 0 Å². The predicted octanol–water partition coefficient (Wildman–Crippen LogP) is 3.72. The van der Waals surface area contributed by atoms with E-state index in [1.54, 1.807) is 0 Å². The van der Waals surface area contributed by atoms with Gasteiger partial charge in [0.25, 0.3) is 0 Å². The number of benzene rings is 1. The van der Waals surface area contributed by atoms with Gasteiger partial charge in [0.15, 0.2) is 5.15 Å². The van der Waals surface area contributed by atoms with Gasteiger partial charge in [0.05, 0.1) is 5.69 Å². The van der Waals surface area contributed by atoms with Gasteiger partial charge in [0.1, 0.15) is 0 Å². The van der Waals surface area contributed by atoms with Crippen molar-refractivity contribution in [1.29, 1.82) is 0 Å². The highest BCUT2D eigenvalue weighted by atomic mass is 35.5. The van der Waals surface area contributed by atoms with E-state index in [9.17, 15) is 0 Å². The molecule has 82 valence electrons. The highest BCUT2D eigenvalue weighted by molar-refractivity contribution is 6.30. The number of rotatable bonds is 1. The van der Waals surface area contributed by atoms with Gasteiger partial charge in [-0.3, -0.25) is 0 Å². The number of aryl methyl sites for hydroxylation is 3. The Bertz CT molecular complexity index is 486. The first-order chi connectivity index (χ1) is 7.58. The Morgan fingerprint density at radius 1 is 0.875 bits per heavy atom. The standard InChI is InChI=1S/C13H13ClN2/c1-8-4-5-11(6-9(8)2)12-7-10(3)13(14)16-15-12/h4-7H,1-3H3. The fourth-order valence-electron chi connectivity index (χ4n) is 1.51. The first-order valence-electron chi connectivity index (χ1n) is 5.15. The van der Waals surface area contributed by atoms with Crippen LogP contribution in [0, 0.1) is 20.8 Å². The van der Waals surface area contributed by atoms with Gasteiger partial charge in [0, 0.05) is 5.56 Å². The molecule has 2 aromatic rings. The van der Waals surface area contributed by atoms with Gasteiger partial charge >= 0.3 is 0 Å². The van der Waals surface area contributed by atoms with E-state index < -0.39 is 0 Å². The lowest BCUT2D eigenvalue weighted by Crippen LogP contribution is -1.92. The molecule has 0 saturated heterocycles. The van der Waals surface area contributed by atoms with Gasteiger partial charge in [-0.1, -0.05) is 23.7 Å². The van der Waals surface area contributed by atoms with Gasteiger partial charge in [0.2, 0.25) is 0 Å². The Labute approximate surface area is 100 Å². The lowest BCUT2D eigenvalue weighted by Gasteiger charge is -2.05. The van der Waals surface area contributed by atoms with Crippen molar-refractivity contribution < 1.29 is 0 Å². The molecular formula is C13H13ClN2. The molecule has 0 unspecified atom stereocenters. The molecule has 2 rings (SSSR count). The molecule has 1 aromatic carbocycles. The summed E-state index contributed by atoms with van der Waals surface area (Å²) >= 11 is 5.85. The minimum Gasteiger partial charge on any atom is -0.149 e. The van der Waals surface area contributed by atoms with Crippen LogP contribution >= 0.6 is 11.6 Å². The third-order valence-corrected chi connectivity index (χ3v) is 3.10. The van der Waals surface area contributed by atoms with Crippen LogP contribution in [-0.4, -0.2) is 10.2 Å². The molecule has 0 aliphatic carbocycles. The van der Waals surface area contributed by atoms with Crippen molar-refractivity contribution >= 4 is 11.6 Å². The monoisotopic (exact) mass is 232 g/mol. The molecule has 3 heteroatoms. The van der Waals surface area contributed by atoms with Crippen molar-refractivity contribution in [3.8, 4) is 11.3 Å². The molecule has 0 N–H and O–H groups in total. The first kappa shape index (κ1) is 11.1. The van der Waals surface area contributed by atoms with Crippen molar-refractivity contribution in [2.75, 3.05) is 0 Å². The van der Waals surface area contributed by atoms with Gasteiger partial charge in [-0.25, -0.2) is 0 Å². The van der Waals surface area contributed by atoms with E-state index in [2.05, 4.69) is 42.2 Å². The molecule has 0 saturated carbocycles. The van der Waals surface area contributed by atoms with Crippen molar-refractivity contribution in [3.05, 3.63) is 46.1 Å². The second-order valence-electron chi connectivity index (χ2n) is 4.00. The Balaban J connectivity index is 2.50. The Kier molecular flexibility index (Phi) is 2.92. The quantitative estimate of drug-likeness (QED) is 0.749. The summed E-state index contributed by atoms with van der Waals surface area (Å²) in [6.07, 6.45) is 0. The lowest BCUT2D eigenvalue weighted by molar-refractivity contribution is 1.02. The normalized spacial score (nSPS) is 10.5. The fraction of sp³-hybridized carbons (Fsp3) is 0.231. The van der Waals surface area contributed by atoms with Crippen molar-refractivity contribution in [2.45, 2.75) is 20.8 Å². The summed E-state index contributed by atoms with van der Waals surface area (Å²) < 4.78 is 0. The van der Waals surface area contributed by atoms with Crippen LogP contribution in [0.1, 0.15) is 16.7 Å². The third kappa shape index (κ3) is 2.07. The van der Waals surface area contributed by atoms with Crippen molar-refractivity contribution in [2.24, 2.45) is 0 Å². The summed E-state index contributed by atoms with van der Waals surface area (Å²) in [4.78, 5) is 0. The smallest absolute Gasteiger partial charge is 0.149 e. The van der Waals surface area contributed by atoms with Crippen LogP contribution in [-0.2, 0) is 0 Å². The molecule has 0 amide bonds. The Morgan fingerprint density at radius 2 is 1.62 bits per heavy atom. The zero-order valence-corrected chi connectivity index (χ0v) is 10.3. The molecule has 0 bridgehead atoms. The molecule has 0 radical (unpaired) electrons. The number of nitrogens with zero attached hydrogens (tertiary/aromatic N) is 2. The molecule has 0 atom stereocenters. The SMILES string of the molecule is Cc1ccc(-c2cc(C)c(Cl)nn2)cc1C. The minimum atomic E-state index is 0.465. The van der Waals surface area contributed by atoms with E-state index >= 15 is 0 Å². The van der Waals surface area contributed by atoms with Gasteiger partial charge < -0.3 is 0 Å². The average molecular weight is 233 g/mol. The topological polar surface area (TPSA) is 25.8 Å². The van der Waals surface area contributed by atoms with E-state index in [-0.39, 0.29) is 0 Å². The number of halogens is 1. The van der Waals surface area contributed by atoms with E-state index in [1.807, 2.05) is 13.0 Å². The maximum atomic E-state index is 5.85. The predicted molar refractivity (Wildman–Crippen MR) is 66.7 cm³/mol. The number of hydrogen-bond acceptors (Lipinski definition) is 2. The maximum absolute atomic E-state index is 5.85. The Morgan fingerprint density at radius 3 is 2.25 bits per heavy atom. The summed E-state index contributed by atoms with van der Waals surface area (Å²) in [5.41, 5.74) is 5.43. The van der Waals surface area contributed by atoms with Crippen LogP contribution in [0.2, 0.25) is 5.15 Å². The molecule has 0 aliphatic heterocycles. The summed E-state index contributed by atoms with van der Waals surface area (Å²) in [5.74, 6) is 0. The highest BCUT2D eigenvalue weighted by Crippen LogP contribution is 2.22.